The molecule has 0 fully saturated rings. The number of thiophene rings is 1. The van der Waals surface area contributed by atoms with Gasteiger partial charge in [0.05, 0.1) is 11.4 Å². The fourth-order valence-corrected chi connectivity index (χ4v) is 3.02. The van der Waals surface area contributed by atoms with Gasteiger partial charge < -0.3 is 4.74 Å². The molecule has 0 bridgehead atoms. The van der Waals surface area contributed by atoms with Crippen molar-refractivity contribution in [2.45, 2.75) is 13.5 Å². The van der Waals surface area contributed by atoms with Crippen LogP contribution in [0.5, 0.6) is 0 Å². The predicted octanol–water partition coefficient (Wildman–Crippen LogP) is 2.70. The number of carbonyl (C=O) groups excluding carboxylic acids is 1. The zero-order valence-corrected chi connectivity index (χ0v) is 12.0. The van der Waals surface area contributed by atoms with Crippen molar-refractivity contribution < 1.29 is 9.53 Å². The second-order valence-electron chi connectivity index (χ2n) is 4.44. The fourth-order valence-electron chi connectivity index (χ4n) is 2.00. The molecule has 0 aliphatic carbocycles. The normalized spacial score (nSPS) is 10.9. The SMILES string of the molecule is Cc1nn(C)c2sc(C(=O)OCc3ccccn3)cc12. The standard InChI is InChI=1S/C14H13N3O2S/c1-9-11-7-12(20-13(11)17(2)16-9)14(18)19-8-10-5-3-4-6-15-10/h3-7H,8H2,1-2H3. The Labute approximate surface area is 119 Å². The number of pyridine rings is 1. The highest BCUT2D eigenvalue weighted by Crippen LogP contribution is 2.28. The maximum atomic E-state index is 12.0. The van der Waals surface area contributed by atoms with Gasteiger partial charge in [-0.3, -0.25) is 9.67 Å². The predicted molar refractivity (Wildman–Crippen MR) is 76.7 cm³/mol. The van der Waals surface area contributed by atoms with Crippen molar-refractivity contribution in [1.82, 2.24) is 14.8 Å². The number of fused-ring (bicyclic) bond motifs is 1. The number of carbonyl (C=O) groups is 1. The summed E-state index contributed by atoms with van der Waals surface area (Å²) in [5.41, 5.74) is 1.65. The molecule has 0 aliphatic heterocycles. The van der Waals surface area contributed by atoms with Crippen LogP contribution in [-0.2, 0) is 18.4 Å². The lowest BCUT2D eigenvalue weighted by Gasteiger charge is -2.02. The molecule has 0 aromatic carbocycles. The first-order chi connectivity index (χ1) is 9.65. The molecule has 0 N–H and O–H groups in total. The average Bonchev–Trinajstić information content (AvgIpc) is 3.00. The average molecular weight is 287 g/mol. The largest absolute Gasteiger partial charge is 0.455 e. The van der Waals surface area contributed by atoms with Crippen molar-refractivity contribution in [3.63, 3.8) is 0 Å². The third kappa shape index (κ3) is 2.30. The van der Waals surface area contributed by atoms with Crippen molar-refractivity contribution in [3.8, 4) is 0 Å². The van der Waals surface area contributed by atoms with Gasteiger partial charge >= 0.3 is 5.97 Å². The van der Waals surface area contributed by atoms with E-state index >= 15 is 0 Å². The summed E-state index contributed by atoms with van der Waals surface area (Å²) in [4.78, 5) is 17.7. The monoisotopic (exact) mass is 287 g/mol. The van der Waals surface area contributed by atoms with Gasteiger partial charge in [0, 0.05) is 18.6 Å². The summed E-state index contributed by atoms with van der Waals surface area (Å²) in [5.74, 6) is -0.323. The number of aromatic nitrogens is 3. The molecule has 3 aromatic heterocycles. The van der Waals surface area contributed by atoms with Crippen molar-refractivity contribution in [2.75, 3.05) is 0 Å². The Hall–Kier alpha value is -2.21. The van der Waals surface area contributed by atoms with E-state index in [1.807, 2.05) is 38.2 Å². The van der Waals surface area contributed by atoms with Gasteiger partial charge in [0.15, 0.2) is 0 Å². The summed E-state index contributed by atoms with van der Waals surface area (Å²) in [6.45, 7) is 2.11. The number of hydrogen-bond donors (Lipinski definition) is 0. The minimum atomic E-state index is -0.323. The molecule has 6 heteroatoms. The van der Waals surface area contributed by atoms with Crippen LogP contribution < -0.4 is 0 Å². The Morgan fingerprint density at radius 2 is 2.30 bits per heavy atom. The number of rotatable bonds is 3. The maximum absolute atomic E-state index is 12.0. The maximum Gasteiger partial charge on any atom is 0.348 e. The zero-order chi connectivity index (χ0) is 14.1. The van der Waals surface area contributed by atoms with Crippen LogP contribution >= 0.6 is 11.3 Å². The van der Waals surface area contributed by atoms with Crippen LogP contribution in [0.2, 0.25) is 0 Å². The van der Waals surface area contributed by atoms with Crippen LogP contribution in [0.4, 0.5) is 0 Å². The van der Waals surface area contributed by atoms with Gasteiger partial charge in [-0.2, -0.15) is 5.10 Å². The summed E-state index contributed by atoms with van der Waals surface area (Å²) >= 11 is 1.39. The van der Waals surface area contributed by atoms with E-state index < -0.39 is 0 Å². The molecule has 0 amide bonds. The fraction of sp³-hybridized carbons (Fsp3) is 0.214. The molecule has 5 nitrogen and oxygen atoms in total. The smallest absolute Gasteiger partial charge is 0.348 e. The molecule has 0 saturated heterocycles. The van der Waals surface area contributed by atoms with Crippen LogP contribution in [0.25, 0.3) is 10.2 Å². The summed E-state index contributed by atoms with van der Waals surface area (Å²) in [6.07, 6.45) is 1.68. The molecule has 3 aromatic rings. The van der Waals surface area contributed by atoms with Crippen LogP contribution in [-0.4, -0.2) is 20.7 Å². The Morgan fingerprint density at radius 3 is 3.00 bits per heavy atom. The minimum Gasteiger partial charge on any atom is -0.455 e. The van der Waals surface area contributed by atoms with Crippen LogP contribution in [0.15, 0.2) is 30.5 Å². The number of aryl methyl sites for hydroxylation is 2. The van der Waals surface area contributed by atoms with Gasteiger partial charge in [-0.25, -0.2) is 4.79 Å². The lowest BCUT2D eigenvalue weighted by molar-refractivity contribution is 0.0473. The van der Waals surface area contributed by atoms with Crippen molar-refractivity contribution >= 4 is 27.5 Å². The summed E-state index contributed by atoms with van der Waals surface area (Å²) in [5, 5.41) is 5.31. The van der Waals surface area contributed by atoms with Crippen molar-refractivity contribution in [3.05, 3.63) is 46.7 Å². The van der Waals surface area contributed by atoms with E-state index in [1.165, 1.54) is 11.3 Å². The lowest BCUT2D eigenvalue weighted by Crippen LogP contribution is -2.04. The third-order valence-electron chi connectivity index (χ3n) is 2.97. The van der Waals surface area contributed by atoms with Crippen molar-refractivity contribution in [2.24, 2.45) is 7.05 Å². The van der Waals surface area contributed by atoms with E-state index in [-0.39, 0.29) is 12.6 Å². The van der Waals surface area contributed by atoms with Crippen LogP contribution in [0.3, 0.4) is 0 Å². The van der Waals surface area contributed by atoms with Gasteiger partial charge in [0.2, 0.25) is 0 Å². The number of esters is 1. The second kappa shape index (κ2) is 5.05. The van der Waals surface area contributed by atoms with E-state index in [4.69, 9.17) is 4.74 Å². The molecule has 102 valence electrons. The second-order valence-corrected chi connectivity index (χ2v) is 5.47. The minimum absolute atomic E-state index is 0.186. The molecule has 0 spiro atoms. The lowest BCUT2D eigenvalue weighted by atomic mass is 10.3. The van der Waals surface area contributed by atoms with Gasteiger partial charge in [0.25, 0.3) is 0 Å². The number of nitrogens with zero attached hydrogens (tertiary/aromatic N) is 3. The van der Waals surface area contributed by atoms with E-state index in [0.717, 1.165) is 21.6 Å². The molecule has 0 radical (unpaired) electrons. The molecular formula is C14H13N3O2S. The first-order valence-corrected chi connectivity index (χ1v) is 6.97. The van der Waals surface area contributed by atoms with E-state index in [9.17, 15) is 4.79 Å². The Balaban J connectivity index is 1.77. The molecule has 0 saturated carbocycles. The van der Waals surface area contributed by atoms with Gasteiger partial charge in [-0.15, -0.1) is 11.3 Å². The third-order valence-corrected chi connectivity index (χ3v) is 4.16. The van der Waals surface area contributed by atoms with E-state index in [0.29, 0.717) is 4.88 Å². The summed E-state index contributed by atoms with van der Waals surface area (Å²) in [7, 11) is 1.87. The quantitative estimate of drug-likeness (QED) is 0.695. The summed E-state index contributed by atoms with van der Waals surface area (Å²) in [6, 6.07) is 7.35. The van der Waals surface area contributed by atoms with Gasteiger partial charge in [-0.05, 0) is 25.1 Å². The Kier molecular flexibility index (Phi) is 3.23. The number of hydrogen-bond acceptors (Lipinski definition) is 5. The molecule has 0 unspecified atom stereocenters. The highest BCUT2D eigenvalue weighted by molar-refractivity contribution is 7.20. The topological polar surface area (TPSA) is 57.0 Å². The number of ether oxygens (including phenoxy) is 1. The van der Waals surface area contributed by atoms with Gasteiger partial charge in [0.1, 0.15) is 16.3 Å². The Morgan fingerprint density at radius 1 is 1.45 bits per heavy atom. The zero-order valence-electron chi connectivity index (χ0n) is 11.2. The van der Waals surface area contributed by atoms with Crippen LogP contribution in [0, 0.1) is 6.92 Å². The van der Waals surface area contributed by atoms with E-state index in [1.54, 1.807) is 10.9 Å². The molecular weight excluding hydrogens is 274 g/mol. The molecule has 0 aliphatic rings. The first kappa shape index (κ1) is 12.8. The molecule has 0 atom stereocenters. The highest BCUT2D eigenvalue weighted by atomic mass is 32.1. The van der Waals surface area contributed by atoms with E-state index in [2.05, 4.69) is 10.1 Å². The highest BCUT2D eigenvalue weighted by Gasteiger charge is 2.16. The molecule has 3 rings (SSSR count). The first-order valence-electron chi connectivity index (χ1n) is 6.15. The molecule has 20 heavy (non-hydrogen) atoms. The van der Waals surface area contributed by atoms with Crippen molar-refractivity contribution in [1.29, 1.82) is 0 Å². The van der Waals surface area contributed by atoms with Gasteiger partial charge in [-0.1, -0.05) is 6.07 Å². The summed E-state index contributed by atoms with van der Waals surface area (Å²) < 4.78 is 7.05. The molecule has 3 heterocycles. The Bertz CT molecular complexity index is 727. The van der Waals surface area contributed by atoms with Crippen LogP contribution in [0.1, 0.15) is 21.1 Å².